The van der Waals surface area contributed by atoms with Gasteiger partial charge in [-0.3, -0.25) is 0 Å². The summed E-state index contributed by atoms with van der Waals surface area (Å²) in [6.45, 7) is 2.06. The van der Waals surface area contributed by atoms with Gasteiger partial charge in [-0.1, -0.05) is 36.4 Å². The van der Waals surface area contributed by atoms with Crippen molar-refractivity contribution in [3.63, 3.8) is 0 Å². The van der Waals surface area contributed by atoms with Crippen molar-refractivity contribution in [1.29, 1.82) is 5.26 Å². The number of alkyl halides is 3. The van der Waals surface area contributed by atoms with E-state index in [1.165, 1.54) is 11.1 Å². The number of aromatic nitrogens is 1. The molecular formula is C22H20F3N3O2. The van der Waals surface area contributed by atoms with Crippen LogP contribution in [0.3, 0.4) is 0 Å². The van der Waals surface area contributed by atoms with E-state index in [0.717, 1.165) is 36.8 Å². The Hall–Kier alpha value is -3.31. The monoisotopic (exact) mass is 415 g/mol. The molecule has 3 N–H and O–H groups in total. The van der Waals surface area contributed by atoms with Gasteiger partial charge in [-0.25, -0.2) is 4.79 Å². The van der Waals surface area contributed by atoms with Crippen LogP contribution in [-0.4, -0.2) is 35.3 Å². The van der Waals surface area contributed by atoms with Crippen LogP contribution in [0.5, 0.6) is 0 Å². The fraction of sp³-hybridized carbons (Fsp3) is 0.273. The van der Waals surface area contributed by atoms with E-state index < -0.39 is 12.1 Å². The Morgan fingerprint density at radius 3 is 2.43 bits per heavy atom. The number of nitrogens with one attached hydrogen (secondary N) is 2. The summed E-state index contributed by atoms with van der Waals surface area (Å²) in [4.78, 5) is 12.0. The van der Waals surface area contributed by atoms with Crippen LogP contribution in [0.15, 0.2) is 54.6 Å². The van der Waals surface area contributed by atoms with Crippen molar-refractivity contribution in [2.24, 2.45) is 0 Å². The van der Waals surface area contributed by atoms with Crippen molar-refractivity contribution < 1.29 is 23.1 Å². The zero-order valence-corrected chi connectivity index (χ0v) is 16.0. The minimum absolute atomic E-state index is 0.139. The van der Waals surface area contributed by atoms with Gasteiger partial charge >= 0.3 is 12.1 Å². The Kier molecular flexibility index (Phi) is 6.13. The molecule has 1 unspecified atom stereocenters. The molecule has 0 saturated carbocycles. The first kappa shape index (κ1) is 21.4. The molecule has 8 heteroatoms. The zero-order valence-electron chi connectivity index (χ0n) is 16.0. The highest BCUT2D eigenvalue weighted by atomic mass is 19.4. The van der Waals surface area contributed by atoms with E-state index in [9.17, 15) is 13.2 Å². The maximum absolute atomic E-state index is 10.6. The van der Waals surface area contributed by atoms with E-state index >= 15 is 0 Å². The van der Waals surface area contributed by atoms with Crippen LogP contribution in [0.1, 0.15) is 23.2 Å². The number of rotatable bonds is 3. The highest BCUT2D eigenvalue weighted by Crippen LogP contribution is 2.36. The third-order valence-electron chi connectivity index (χ3n) is 5.23. The van der Waals surface area contributed by atoms with Crippen molar-refractivity contribution >= 4 is 16.9 Å². The summed E-state index contributed by atoms with van der Waals surface area (Å²) in [5.74, 6) is -2.76. The van der Waals surface area contributed by atoms with Crippen LogP contribution < -0.4 is 5.32 Å². The molecule has 2 aromatic carbocycles. The number of nitrogens with zero attached hydrogens (tertiary/aromatic N) is 1. The molecule has 0 bridgehead atoms. The largest absolute Gasteiger partial charge is 0.490 e. The van der Waals surface area contributed by atoms with E-state index in [0.29, 0.717) is 5.69 Å². The van der Waals surface area contributed by atoms with Gasteiger partial charge in [-0.15, -0.1) is 0 Å². The molecule has 0 aliphatic carbocycles. The van der Waals surface area contributed by atoms with E-state index in [1.54, 1.807) is 0 Å². The first-order chi connectivity index (χ1) is 14.2. The SMILES string of the molecule is N#Cc1cc2cc(C3(Cc4ccccc4)CCNC3)ccc2[nH]1.O=C(O)C(F)(F)F. The number of benzene rings is 2. The molecule has 156 valence electrons. The van der Waals surface area contributed by atoms with Gasteiger partial charge in [0.05, 0.1) is 0 Å². The molecule has 1 aliphatic heterocycles. The summed E-state index contributed by atoms with van der Waals surface area (Å²) in [6, 6.07) is 21.4. The molecule has 0 radical (unpaired) electrons. The number of carboxylic acid groups (broad SMARTS) is 1. The second-order valence-corrected chi connectivity index (χ2v) is 7.27. The summed E-state index contributed by atoms with van der Waals surface area (Å²) in [5, 5.41) is 20.9. The molecule has 2 heterocycles. The minimum Gasteiger partial charge on any atom is -0.475 e. The summed E-state index contributed by atoms with van der Waals surface area (Å²) in [5.41, 5.74) is 4.54. The van der Waals surface area contributed by atoms with E-state index in [2.05, 4.69) is 64.9 Å². The van der Waals surface area contributed by atoms with Crippen LogP contribution in [0.25, 0.3) is 10.9 Å². The van der Waals surface area contributed by atoms with E-state index in [4.69, 9.17) is 15.2 Å². The molecule has 1 aromatic heterocycles. The number of aliphatic carboxylic acids is 1. The third kappa shape index (κ3) is 4.81. The lowest BCUT2D eigenvalue weighted by Crippen LogP contribution is -2.31. The zero-order chi connectivity index (χ0) is 21.8. The van der Waals surface area contributed by atoms with Gasteiger partial charge in [0, 0.05) is 22.9 Å². The molecule has 4 rings (SSSR count). The average molecular weight is 415 g/mol. The lowest BCUT2D eigenvalue weighted by atomic mass is 9.74. The number of halogens is 3. The van der Waals surface area contributed by atoms with Gasteiger partial charge in [-0.2, -0.15) is 18.4 Å². The fourth-order valence-electron chi connectivity index (χ4n) is 3.75. The third-order valence-corrected chi connectivity index (χ3v) is 5.23. The van der Waals surface area contributed by atoms with Crippen LogP contribution in [0.2, 0.25) is 0 Å². The van der Waals surface area contributed by atoms with Gasteiger partial charge in [0.2, 0.25) is 0 Å². The summed E-state index contributed by atoms with van der Waals surface area (Å²) < 4.78 is 31.7. The van der Waals surface area contributed by atoms with E-state index in [-0.39, 0.29) is 5.41 Å². The number of hydrogen-bond acceptors (Lipinski definition) is 3. The Morgan fingerprint density at radius 1 is 1.17 bits per heavy atom. The summed E-state index contributed by atoms with van der Waals surface area (Å²) in [7, 11) is 0. The maximum Gasteiger partial charge on any atom is 0.490 e. The van der Waals surface area contributed by atoms with Gasteiger partial charge in [-0.05, 0) is 48.7 Å². The van der Waals surface area contributed by atoms with Crippen LogP contribution in [0.4, 0.5) is 13.2 Å². The molecule has 0 spiro atoms. The second-order valence-electron chi connectivity index (χ2n) is 7.27. The molecule has 3 aromatic rings. The van der Waals surface area contributed by atoms with Crippen molar-refractivity contribution in [2.45, 2.75) is 24.4 Å². The number of fused-ring (bicyclic) bond motifs is 1. The topological polar surface area (TPSA) is 88.9 Å². The summed E-state index contributed by atoms with van der Waals surface area (Å²) >= 11 is 0. The molecule has 1 saturated heterocycles. The van der Waals surface area contributed by atoms with Crippen molar-refractivity contribution in [2.75, 3.05) is 13.1 Å². The average Bonchev–Trinajstić information content (AvgIpc) is 3.35. The van der Waals surface area contributed by atoms with Crippen LogP contribution in [-0.2, 0) is 16.6 Å². The number of aromatic amines is 1. The molecule has 1 atom stereocenters. The molecule has 5 nitrogen and oxygen atoms in total. The first-order valence-corrected chi connectivity index (χ1v) is 9.32. The van der Waals surface area contributed by atoms with Crippen LogP contribution in [0, 0.1) is 11.3 Å². The number of carbonyl (C=O) groups is 1. The predicted molar refractivity (Wildman–Crippen MR) is 106 cm³/mol. The van der Waals surface area contributed by atoms with E-state index in [1.807, 2.05) is 6.07 Å². The summed E-state index contributed by atoms with van der Waals surface area (Å²) in [6.07, 6.45) is -2.90. The molecular weight excluding hydrogens is 395 g/mol. The Bertz CT molecular complexity index is 1060. The quantitative estimate of drug-likeness (QED) is 0.600. The van der Waals surface area contributed by atoms with Gasteiger partial charge in [0.1, 0.15) is 11.8 Å². The Balaban J connectivity index is 0.000000318. The maximum atomic E-state index is 10.6. The smallest absolute Gasteiger partial charge is 0.475 e. The number of H-pyrrole nitrogens is 1. The first-order valence-electron chi connectivity index (χ1n) is 9.32. The second kappa shape index (κ2) is 8.59. The van der Waals surface area contributed by atoms with Crippen molar-refractivity contribution in [3.8, 4) is 6.07 Å². The normalized spacial score (nSPS) is 18.5. The van der Waals surface area contributed by atoms with Gasteiger partial charge in [0.25, 0.3) is 0 Å². The number of hydrogen-bond donors (Lipinski definition) is 3. The molecule has 0 amide bonds. The fourth-order valence-corrected chi connectivity index (χ4v) is 3.75. The highest BCUT2D eigenvalue weighted by Gasteiger charge is 2.38. The highest BCUT2D eigenvalue weighted by molar-refractivity contribution is 5.82. The van der Waals surface area contributed by atoms with Gasteiger partial charge in [0.15, 0.2) is 0 Å². The number of nitriles is 1. The van der Waals surface area contributed by atoms with Crippen molar-refractivity contribution in [1.82, 2.24) is 10.3 Å². The molecule has 1 aliphatic rings. The number of carboxylic acids is 1. The lowest BCUT2D eigenvalue weighted by molar-refractivity contribution is -0.192. The Morgan fingerprint density at radius 2 is 1.87 bits per heavy atom. The Labute approximate surface area is 171 Å². The molecule has 30 heavy (non-hydrogen) atoms. The minimum atomic E-state index is -5.08. The predicted octanol–water partition coefficient (Wildman–Crippen LogP) is 4.15. The van der Waals surface area contributed by atoms with Crippen LogP contribution >= 0.6 is 0 Å². The molecule has 1 fully saturated rings. The standard InChI is InChI=1S/C20H19N3.C2HF3O2/c21-13-18-11-16-10-17(6-7-19(16)23-18)20(8-9-22-14-20)12-15-4-2-1-3-5-15;3-2(4,5)1(6)7/h1-7,10-11,22-23H,8-9,12,14H2;(H,6,7). The van der Waals surface area contributed by atoms with Crippen molar-refractivity contribution in [3.05, 3.63) is 71.4 Å². The van der Waals surface area contributed by atoms with Gasteiger partial charge < -0.3 is 15.4 Å². The lowest BCUT2D eigenvalue weighted by Gasteiger charge is -2.29.